The third-order valence-electron chi connectivity index (χ3n) is 10.9. The van der Waals surface area contributed by atoms with E-state index in [-0.39, 0.29) is 37.8 Å². The number of hydrogen-bond acceptors (Lipinski definition) is 10. The number of fused-ring (bicyclic) bond motifs is 2. The Morgan fingerprint density at radius 1 is 0.387 bits per heavy atom. The minimum Gasteiger partial charge on any atom is -0.493 e. The van der Waals surface area contributed by atoms with Gasteiger partial charge in [-0.05, 0) is 61.4 Å². The number of carbonyl (C=O) groups is 2. The number of rotatable bonds is 37. The molecule has 0 spiro atoms. The Labute approximate surface area is 369 Å². The molecule has 0 aliphatic rings. The predicted octanol–water partition coefficient (Wildman–Crippen LogP) is 12.3. The Kier molecular flexibility index (Phi) is 24.5. The zero-order chi connectivity index (χ0) is 44.0. The molecule has 0 atom stereocenters. The monoisotopic (exact) mass is 861 g/mol. The number of nitrogens with zero attached hydrogens (tertiary/aromatic N) is 2. The Morgan fingerprint density at radius 3 is 1.05 bits per heavy atom. The molecule has 0 aliphatic carbocycles. The highest BCUT2D eigenvalue weighted by atomic mass is 16.6. The second-order valence-electron chi connectivity index (χ2n) is 15.9. The first-order chi connectivity index (χ1) is 30.4. The van der Waals surface area contributed by atoms with Crippen molar-refractivity contribution in [2.45, 2.75) is 142 Å². The normalized spacial score (nSPS) is 11.3. The molecule has 0 amide bonds. The first-order valence-electron chi connectivity index (χ1n) is 23.4. The van der Waals surface area contributed by atoms with Gasteiger partial charge in [-0.25, -0.2) is 19.6 Å². The molecule has 12 nitrogen and oxygen atoms in total. The van der Waals surface area contributed by atoms with E-state index < -0.39 is 11.9 Å². The summed E-state index contributed by atoms with van der Waals surface area (Å²) in [5, 5.41) is 20.6. The van der Waals surface area contributed by atoms with E-state index in [9.17, 15) is 19.8 Å². The van der Waals surface area contributed by atoms with Crippen molar-refractivity contribution in [3.8, 4) is 23.0 Å². The van der Waals surface area contributed by atoms with Crippen molar-refractivity contribution in [1.82, 2.24) is 9.97 Å². The van der Waals surface area contributed by atoms with E-state index in [1.54, 1.807) is 24.3 Å². The molecule has 0 saturated carbocycles. The van der Waals surface area contributed by atoms with Crippen LogP contribution >= 0.6 is 0 Å². The number of aromatic carboxylic acids is 2. The van der Waals surface area contributed by atoms with E-state index in [1.807, 2.05) is 12.1 Å². The van der Waals surface area contributed by atoms with Crippen molar-refractivity contribution >= 4 is 33.7 Å². The summed E-state index contributed by atoms with van der Waals surface area (Å²) in [6, 6.07) is 13.6. The lowest BCUT2D eigenvalue weighted by Crippen LogP contribution is -2.14. The highest BCUT2D eigenvalue weighted by Gasteiger charge is 2.16. The second-order valence-corrected chi connectivity index (χ2v) is 15.9. The Morgan fingerprint density at radius 2 is 0.694 bits per heavy atom. The summed E-state index contributed by atoms with van der Waals surface area (Å²) in [6.45, 7) is 7.34. The number of carboxylic acid groups (broad SMARTS) is 2. The van der Waals surface area contributed by atoms with Gasteiger partial charge in [0.05, 0.1) is 39.6 Å². The van der Waals surface area contributed by atoms with Crippen molar-refractivity contribution < 1.29 is 48.2 Å². The average Bonchev–Trinajstić information content (AvgIpc) is 3.28. The fourth-order valence-electron chi connectivity index (χ4n) is 7.34. The number of ether oxygens (including phenoxy) is 6. The van der Waals surface area contributed by atoms with E-state index in [2.05, 4.69) is 23.8 Å². The molecular formula is C50H72N2O10. The van der Waals surface area contributed by atoms with E-state index >= 15 is 0 Å². The third kappa shape index (κ3) is 18.3. The van der Waals surface area contributed by atoms with E-state index in [0.29, 0.717) is 71.2 Å². The minimum absolute atomic E-state index is 0.0677. The number of carboxylic acids is 2. The van der Waals surface area contributed by atoms with Crippen LogP contribution in [0.2, 0.25) is 0 Å². The van der Waals surface area contributed by atoms with Crippen molar-refractivity contribution in [1.29, 1.82) is 0 Å². The fraction of sp³-hybridized carbons (Fsp3) is 0.600. The van der Waals surface area contributed by atoms with Crippen molar-refractivity contribution in [2.75, 3.05) is 52.9 Å². The van der Waals surface area contributed by atoms with Gasteiger partial charge < -0.3 is 38.6 Å². The van der Waals surface area contributed by atoms with Crippen molar-refractivity contribution in [3.05, 3.63) is 59.9 Å². The van der Waals surface area contributed by atoms with E-state index in [4.69, 9.17) is 28.4 Å². The van der Waals surface area contributed by atoms with Gasteiger partial charge in [0.2, 0.25) is 0 Å². The van der Waals surface area contributed by atoms with Crippen LogP contribution in [-0.2, 0) is 9.47 Å². The zero-order valence-electron chi connectivity index (χ0n) is 37.5. The van der Waals surface area contributed by atoms with Crippen LogP contribution in [0.3, 0.4) is 0 Å². The van der Waals surface area contributed by atoms with Crippen molar-refractivity contribution in [2.24, 2.45) is 0 Å². The largest absolute Gasteiger partial charge is 0.493 e. The summed E-state index contributed by atoms with van der Waals surface area (Å²) in [6.07, 6.45) is 24.9. The summed E-state index contributed by atoms with van der Waals surface area (Å²) >= 11 is 0. The van der Waals surface area contributed by atoms with Gasteiger partial charge in [-0.2, -0.15) is 0 Å². The van der Waals surface area contributed by atoms with Crippen molar-refractivity contribution in [3.63, 3.8) is 0 Å². The Hall–Kier alpha value is -4.68. The topological polar surface area (TPSA) is 156 Å². The standard InChI is InChI=1S/C50H72N2O10/c1-3-5-7-9-11-13-15-17-19-21-31-59-43-27-29-45(47-39(43)23-25-41(51-47)49(53)54)61-37-35-57-33-34-58-36-38-62-46-30-28-44(40-24-26-42(50(55)56)52-48(40)46)60-32-22-20-18-16-14-12-10-8-6-4-2/h23-30H,3-22,31-38H2,1-2H3,(H,53,54)(H,55,56). The molecule has 0 bridgehead atoms. The molecule has 0 aliphatic heterocycles. The highest BCUT2D eigenvalue weighted by molar-refractivity contribution is 5.95. The molecule has 2 heterocycles. The molecule has 4 rings (SSSR count). The molecule has 12 heteroatoms. The van der Waals surface area contributed by atoms with E-state index in [1.165, 1.54) is 115 Å². The summed E-state index contributed by atoms with van der Waals surface area (Å²) in [5.41, 5.74) is 0.730. The van der Waals surface area contributed by atoms with Crippen LogP contribution in [0.15, 0.2) is 48.5 Å². The third-order valence-corrected chi connectivity index (χ3v) is 10.9. The van der Waals surface area contributed by atoms with Gasteiger partial charge in [0.25, 0.3) is 0 Å². The maximum atomic E-state index is 11.7. The van der Waals surface area contributed by atoms with Gasteiger partial charge >= 0.3 is 11.9 Å². The Balaban J connectivity index is 1.14. The van der Waals surface area contributed by atoms with Crippen LogP contribution in [-0.4, -0.2) is 85.0 Å². The van der Waals surface area contributed by atoms with Gasteiger partial charge in [0.15, 0.2) is 0 Å². The van der Waals surface area contributed by atoms with Gasteiger partial charge in [-0.3, -0.25) is 0 Å². The number of aromatic nitrogens is 2. The van der Waals surface area contributed by atoms with Crippen LogP contribution in [0, 0.1) is 0 Å². The van der Waals surface area contributed by atoms with Gasteiger partial charge in [-0.15, -0.1) is 0 Å². The molecule has 62 heavy (non-hydrogen) atoms. The maximum absolute atomic E-state index is 11.7. The number of unbranched alkanes of at least 4 members (excludes halogenated alkanes) is 18. The second kappa shape index (κ2) is 30.4. The molecule has 4 aromatic rings. The quantitative estimate of drug-likeness (QED) is 0.0414. The summed E-state index contributed by atoms with van der Waals surface area (Å²) < 4.78 is 35.7. The lowest BCUT2D eigenvalue weighted by molar-refractivity contribution is 0.0276. The highest BCUT2D eigenvalue weighted by Crippen LogP contribution is 2.34. The lowest BCUT2D eigenvalue weighted by Gasteiger charge is -2.14. The molecule has 2 aromatic heterocycles. The summed E-state index contributed by atoms with van der Waals surface area (Å²) in [7, 11) is 0. The van der Waals surface area contributed by atoms with Gasteiger partial charge in [0.1, 0.15) is 58.6 Å². The molecular weight excluding hydrogens is 789 g/mol. The number of benzene rings is 2. The zero-order valence-corrected chi connectivity index (χ0v) is 37.5. The number of hydrogen-bond donors (Lipinski definition) is 2. The first kappa shape index (κ1) is 50.0. The van der Waals surface area contributed by atoms with Crippen LogP contribution in [0.5, 0.6) is 23.0 Å². The van der Waals surface area contributed by atoms with Crippen LogP contribution in [0.25, 0.3) is 21.8 Å². The fourth-order valence-corrected chi connectivity index (χ4v) is 7.34. The van der Waals surface area contributed by atoms with Gasteiger partial charge in [0, 0.05) is 10.8 Å². The molecule has 2 aromatic carbocycles. The summed E-state index contributed by atoms with van der Waals surface area (Å²) in [5.74, 6) is -0.00724. The minimum atomic E-state index is -1.11. The molecule has 0 fully saturated rings. The van der Waals surface area contributed by atoms with Gasteiger partial charge in [-0.1, -0.05) is 129 Å². The molecule has 0 saturated heterocycles. The lowest BCUT2D eigenvalue weighted by atomic mass is 10.1. The molecule has 0 radical (unpaired) electrons. The average molecular weight is 861 g/mol. The Bertz CT molecular complexity index is 1750. The SMILES string of the molecule is CCCCCCCCCCCCOc1ccc(OCCOCCOCCOc2ccc(OCCCCCCCCCCCC)c3ccc(C(=O)O)nc23)c2nc(C(=O)O)ccc12. The molecule has 2 N–H and O–H groups in total. The molecule has 342 valence electrons. The molecule has 0 unspecified atom stereocenters. The first-order valence-corrected chi connectivity index (χ1v) is 23.4. The van der Waals surface area contributed by atoms with Crippen LogP contribution in [0.1, 0.15) is 163 Å². The maximum Gasteiger partial charge on any atom is 0.354 e. The van der Waals surface area contributed by atoms with Crippen LogP contribution in [0.4, 0.5) is 0 Å². The smallest absolute Gasteiger partial charge is 0.354 e. The van der Waals surface area contributed by atoms with Crippen LogP contribution < -0.4 is 18.9 Å². The van der Waals surface area contributed by atoms with E-state index in [0.717, 1.165) is 25.7 Å². The predicted molar refractivity (Wildman–Crippen MR) is 245 cm³/mol. The number of pyridine rings is 2. The summed E-state index contributed by atoms with van der Waals surface area (Å²) in [4.78, 5) is 32.2.